The van der Waals surface area contributed by atoms with Crippen LogP contribution in [0, 0.1) is 5.92 Å². The van der Waals surface area contributed by atoms with Crippen LogP contribution in [0.25, 0.3) is 0 Å². The minimum atomic E-state index is -0.870. The summed E-state index contributed by atoms with van der Waals surface area (Å²) < 4.78 is 0. The summed E-state index contributed by atoms with van der Waals surface area (Å²) in [4.78, 5) is 37.1. The number of rotatable bonds is 4. The molecule has 0 bridgehead atoms. The lowest BCUT2D eigenvalue weighted by atomic mass is 9.91. The van der Waals surface area contributed by atoms with Crippen LogP contribution >= 0.6 is 0 Å². The first kappa shape index (κ1) is 20.6. The van der Waals surface area contributed by atoms with Crippen LogP contribution < -0.4 is 4.90 Å². The molecule has 2 saturated heterocycles. The van der Waals surface area contributed by atoms with Crippen molar-refractivity contribution in [2.45, 2.75) is 71.3 Å². The molecule has 1 atom stereocenters. The molecule has 1 N–H and O–H groups in total. The molecule has 7 heteroatoms. The third kappa shape index (κ3) is 4.28. The van der Waals surface area contributed by atoms with Crippen molar-refractivity contribution in [1.82, 2.24) is 14.9 Å². The number of anilines is 1. The predicted molar refractivity (Wildman–Crippen MR) is 108 cm³/mol. The summed E-state index contributed by atoms with van der Waals surface area (Å²) in [6, 6.07) is 2.22. The van der Waals surface area contributed by atoms with Crippen LogP contribution in [0.3, 0.4) is 0 Å². The van der Waals surface area contributed by atoms with Crippen LogP contribution in [0.2, 0.25) is 0 Å². The van der Waals surface area contributed by atoms with Gasteiger partial charge in [-0.2, -0.15) is 0 Å². The van der Waals surface area contributed by atoms with Crippen LogP contribution in [0.4, 0.5) is 5.82 Å². The zero-order chi connectivity index (χ0) is 20.6. The average molecular weight is 389 g/mol. The molecule has 0 radical (unpaired) electrons. The molecule has 1 aromatic rings. The number of nitrogens with zero attached hydrogens (tertiary/aromatic N) is 4. The van der Waals surface area contributed by atoms with Gasteiger partial charge in [-0.3, -0.25) is 9.59 Å². The van der Waals surface area contributed by atoms with Crippen LogP contribution in [-0.2, 0) is 15.0 Å². The van der Waals surface area contributed by atoms with E-state index in [0.29, 0.717) is 6.54 Å². The van der Waals surface area contributed by atoms with Crippen molar-refractivity contribution in [2.75, 3.05) is 24.5 Å². The molecule has 0 aromatic carbocycles. The van der Waals surface area contributed by atoms with E-state index in [9.17, 15) is 14.7 Å². The molecule has 1 aromatic heterocycles. The van der Waals surface area contributed by atoms with E-state index in [4.69, 9.17) is 9.97 Å². The predicted octanol–water partition coefficient (Wildman–Crippen LogP) is 2.80. The van der Waals surface area contributed by atoms with Gasteiger partial charge in [0.1, 0.15) is 11.6 Å². The number of likely N-dealkylation sites (tertiary alicyclic amines) is 1. The van der Waals surface area contributed by atoms with Gasteiger partial charge in [0.15, 0.2) is 0 Å². The second-order valence-electron chi connectivity index (χ2n) is 9.38. The lowest BCUT2D eigenvalue weighted by Crippen LogP contribution is -2.46. The summed E-state index contributed by atoms with van der Waals surface area (Å²) in [7, 11) is 0. The smallest absolute Gasteiger partial charge is 0.308 e. The van der Waals surface area contributed by atoms with Gasteiger partial charge >= 0.3 is 5.97 Å². The highest BCUT2D eigenvalue weighted by molar-refractivity contribution is 5.86. The van der Waals surface area contributed by atoms with Crippen molar-refractivity contribution in [3.63, 3.8) is 0 Å². The van der Waals surface area contributed by atoms with Gasteiger partial charge in [0.2, 0.25) is 5.91 Å². The first-order valence-corrected chi connectivity index (χ1v) is 10.2. The van der Waals surface area contributed by atoms with Gasteiger partial charge in [-0.15, -0.1) is 0 Å². The standard InChI is InChI=1S/C21H32N4O3/c1-13(2)19-22-16(21(3,4)5)11-17(23-19)24-8-6-15(7-9-24)25-12-14(20(27)28)10-18(25)26/h11,13-15H,6-10,12H2,1-5H3,(H,27,28). The molecule has 28 heavy (non-hydrogen) atoms. The van der Waals surface area contributed by atoms with Crippen molar-refractivity contribution in [1.29, 1.82) is 0 Å². The van der Waals surface area contributed by atoms with Gasteiger partial charge in [-0.1, -0.05) is 34.6 Å². The average Bonchev–Trinajstić information content (AvgIpc) is 3.03. The maximum atomic E-state index is 12.2. The lowest BCUT2D eigenvalue weighted by molar-refractivity contribution is -0.141. The maximum absolute atomic E-state index is 12.2. The summed E-state index contributed by atoms with van der Waals surface area (Å²) in [6.07, 6.45) is 1.81. The molecule has 2 aliphatic heterocycles. The lowest BCUT2D eigenvalue weighted by Gasteiger charge is -2.37. The van der Waals surface area contributed by atoms with E-state index < -0.39 is 11.9 Å². The zero-order valence-electron chi connectivity index (χ0n) is 17.6. The fourth-order valence-electron chi connectivity index (χ4n) is 3.91. The van der Waals surface area contributed by atoms with Gasteiger partial charge in [0.05, 0.1) is 11.6 Å². The van der Waals surface area contributed by atoms with E-state index in [2.05, 4.69) is 45.6 Å². The largest absolute Gasteiger partial charge is 0.481 e. The van der Waals surface area contributed by atoms with E-state index in [1.807, 2.05) is 0 Å². The monoisotopic (exact) mass is 388 g/mol. The maximum Gasteiger partial charge on any atom is 0.308 e. The van der Waals surface area contributed by atoms with Gasteiger partial charge in [0.25, 0.3) is 0 Å². The number of carboxylic acids is 1. The van der Waals surface area contributed by atoms with Gasteiger partial charge < -0.3 is 14.9 Å². The molecule has 0 spiro atoms. The van der Waals surface area contributed by atoms with Gasteiger partial charge in [-0.05, 0) is 12.8 Å². The Balaban J connectivity index is 1.72. The number of carbonyl (C=O) groups excluding carboxylic acids is 1. The Bertz CT molecular complexity index is 749. The molecule has 0 saturated carbocycles. The third-order valence-corrected chi connectivity index (χ3v) is 5.75. The molecule has 7 nitrogen and oxygen atoms in total. The highest BCUT2D eigenvalue weighted by Crippen LogP contribution is 2.30. The summed E-state index contributed by atoms with van der Waals surface area (Å²) in [5.41, 5.74) is 0.996. The molecule has 2 aliphatic rings. The number of hydrogen-bond acceptors (Lipinski definition) is 5. The van der Waals surface area contributed by atoms with Crippen LogP contribution in [0.5, 0.6) is 0 Å². The SMILES string of the molecule is CC(C)c1nc(N2CCC(N3CC(C(=O)O)CC3=O)CC2)cc(C(C)(C)C)n1. The molecule has 2 fully saturated rings. The number of aromatic nitrogens is 2. The minimum absolute atomic E-state index is 0.0231. The van der Waals surface area contributed by atoms with Crippen molar-refractivity contribution >= 4 is 17.7 Å². The first-order valence-electron chi connectivity index (χ1n) is 10.2. The Morgan fingerprint density at radius 2 is 1.86 bits per heavy atom. The minimum Gasteiger partial charge on any atom is -0.481 e. The molecule has 3 rings (SSSR count). The highest BCUT2D eigenvalue weighted by atomic mass is 16.4. The summed E-state index contributed by atoms with van der Waals surface area (Å²) >= 11 is 0. The summed E-state index contributed by atoms with van der Waals surface area (Å²) in [5.74, 6) is 0.626. The Labute approximate surface area is 167 Å². The van der Waals surface area contributed by atoms with Crippen LogP contribution in [0.1, 0.15) is 71.3 Å². The van der Waals surface area contributed by atoms with E-state index in [-0.39, 0.29) is 29.7 Å². The molecule has 1 unspecified atom stereocenters. The molecular weight excluding hydrogens is 356 g/mol. The van der Waals surface area contributed by atoms with E-state index in [0.717, 1.165) is 43.3 Å². The molecule has 154 valence electrons. The number of hydrogen-bond donors (Lipinski definition) is 1. The Kier molecular flexibility index (Phi) is 5.64. The Morgan fingerprint density at radius 3 is 2.36 bits per heavy atom. The molecule has 0 aliphatic carbocycles. The van der Waals surface area contributed by atoms with E-state index in [1.54, 1.807) is 4.90 Å². The normalized spacial score (nSPS) is 21.6. The number of carboxylic acid groups (broad SMARTS) is 1. The zero-order valence-corrected chi connectivity index (χ0v) is 17.6. The second kappa shape index (κ2) is 7.68. The van der Waals surface area contributed by atoms with Crippen molar-refractivity contribution in [3.05, 3.63) is 17.6 Å². The second-order valence-corrected chi connectivity index (χ2v) is 9.38. The Hall–Kier alpha value is -2.18. The van der Waals surface area contributed by atoms with Crippen molar-refractivity contribution < 1.29 is 14.7 Å². The van der Waals surface area contributed by atoms with Gasteiger partial charge in [-0.25, -0.2) is 9.97 Å². The van der Waals surface area contributed by atoms with Crippen LogP contribution in [0.15, 0.2) is 6.07 Å². The summed E-state index contributed by atoms with van der Waals surface area (Å²) in [5, 5.41) is 9.20. The fraction of sp³-hybridized carbons (Fsp3) is 0.714. The van der Waals surface area contributed by atoms with Crippen molar-refractivity contribution in [2.24, 2.45) is 5.92 Å². The van der Waals surface area contributed by atoms with Gasteiger partial charge in [0, 0.05) is 49.5 Å². The number of aliphatic carboxylic acids is 1. The van der Waals surface area contributed by atoms with Crippen molar-refractivity contribution in [3.8, 4) is 0 Å². The molecular formula is C21H32N4O3. The van der Waals surface area contributed by atoms with E-state index >= 15 is 0 Å². The molecule has 3 heterocycles. The Morgan fingerprint density at radius 1 is 1.21 bits per heavy atom. The molecule has 1 amide bonds. The highest BCUT2D eigenvalue weighted by Gasteiger charge is 2.39. The number of piperidine rings is 1. The quantitative estimate of drug-likeness (QED) is 0.853. The topological polar surface area (TPSA) is 86.6 Å². The van der Waals surface area contributed by atoms with Crippen LogP contribution in [-0.4, -0.2) is 57.5 Å². The summed E-state index contributed by atoms with van der Waals surface area (Å²) in [6.45, 7) is 12.7. The number of carbonyl (C=O) groups is 2. The van der Waals surface area contributed by atoms with E-state index in [1.165, 1.54) is 0 Å². The first-order chi connectivity index (χ1) is 13.1. The fourth-order valence-corrected chi connectivity index (χ4v) is 3.91. The third-order valence-electron chi connectivity index (χ3n) is 5.75. The number of amides is 1.